The van der Waals surface area contributed by atoms with Crippen LogP contribution in [0, 0.1) is 17.3 Å². The largest absolute Gasteiger partial charge is 0.368 e. The maximum atomic E-state index is 12.9. The van der Waals surface area contributed by atoms with E-state index in [2.05, 4.69) is 64.3 Å². The number of Topliss-reactive ketones (excluding diaryl/α,β-unsaturated/α-hetero) is 1. The van der Waals surface area contributed by atoms with Crippen LogP contribution in [0.25, 0.3) is 16.6 Å². The van der Waals surface area contributed by atoms with Gasteiger partial charge in [-0.05, 0) is 63.0 Å². The van der Waals surface area contributed by atoms with Gasteiger partial charge in [0.1, 0.15) is 11.4 Å². The van der Waals surface area contributed by atoms with Gasteiger partial charge in [0.15, 0.2) is 0 Å². The third kappa shape index (κ3) is 3.23. The Balaban J connectivity index is 1.35. The molecular formula is C26H33N5O. The Morgan fingerprint density at radius 1 is 1.06 bits per heavy atom. The number of rotatable bonds is 2. The molecule has 6 heteroatoms. The number of anilines is 1. The summed E-state index contributed by atoms with van der Waals surface area (Å²) in [5.74, 6) is 0.817. The summed E-state index contributed by atoms with van der Waals surface area (Å²) in [7, 11) is 4.38. The summed E-state index contributed by atoms with van der Waals surface area (Å²) in [4.78, 5) is 28.2. The number of allylic oxidation sites excluding steroid dienone is 4. The highest BCUT2D eigenvalue weighted by Gasteiger charge is 2.52. The van der Waals surface area contributed by atoms with Gasteiger partial charge in [-0.15, -0.1) is 0 Å². The molecule has 4 heterocycles. The highest BCUT2D eigenvalue weighted by molar-refractivity contribution is 5.97. The monoisotopic (exact) mass is 431 g/mol. The molecule has 2 aromatic rings. The number of pyridine rings is 1. The molecule has 2 aliphatic carbocycles. The van der Waals surface area contributed by atoms with Gasteiger partial charge in [-0.2, -0.15) is 0 Å². The molecule has 2 atom stereocenters. The highest BCUT2D eigenvalue weighted by atomic mass is 16.1. The normalized spacial score (nSPS) is 28.5. The zero-order valence-corrected chi connectivity index (χ0v) is 19.2. The molecule has 2 unspecified atom stereocenters. The number of likely N-dealkylation sites (tertiary alicyclic amines) is 1. The molecular weight excluding hydrogens is 398 g/mol. The Labute approximate surface area is 190 Å². The number of piperazine rings is 1. The molecule has 1 saturated carbocycles. The molecule has 2 aliphatic heterocycles. The maximum Gasteiger partial charge on any atom is 0.140 e. The lowest BCUT2D eigenvalue weighted by Crippen LogP contribution is -2.44. The Hall–Kier alpha value is -2.44. The van der Waals surface area contributed by atoms with Crippen molar-refractivity contribution in [3.63, 3.8) is 0 Å². The van der Waals surface area contributed by atoms with Crippen molar-refractivity contribution in [1.29, 1.82) is 0 Å². The fourth-order valence-corrected chi connectivity index (χ4v) is 6.35. The van der Waals surface area contributed by atoms with E-state index in [1.807, 2.05) is 6.20 Å². The number of nitrogens with one attached hydrogen (secondary N) is 1. The van der Waals surface area contributed by atoms with Crippen LogP contribution in [0.2, 0.25) is 0 Å². The van der Waals surface area contributed by atoms with Crippen LogP contribution in [-0.4, -0.2) is 78.9 Å². The molecule has 6 rings (SSSR count). The van der Waals surface area contributed by atoms with Crippen molar-refractivity contribution in [2.75, 3.05) is 58.3 Å². The number of carbonyl (C=O) groups is 1. The van der Waals surface area contributed by atoms with E-state index in [-0.39, 0.29) is 11.3 Å². The summed E-state index contributed by atoms with van der Waals surface area (Å²) in [5, 5.41) is 1.18. The average Bonchev–Trinajstić information content (AvgIpc) is 3.35. The van der Waals surface area contributed by atoms with E-state index >= 15 is 0 Å². The van der Waals surface area contributed by atoms with Crippen molar-refractivity contribution < 1.29 is 4.79 Å². The Kier molecular flexibility index (Phi) is 4.77. The van der Waals surface area contributed by atoms with Gasteiger partial charge in [-0.1, -0.05) is 18.2 Å². The molecule has 32 heavy (non-hydrogen) atoms. The molecule has 0 amide bonds. The minimum Gasteiger partial charge on any atom is -0.368 e. The summed E-state index contributed by atoms with van der Waals surface area (Å²) in [6, 6.07) is 2.30. The van der Waals surface area contributed by atoms with Crippen LogP contribution in [0.15, 0.2) is 36.7 Å². The van der Waals surface area contributed by atoms with E-state index in [0.29, 0.717) is 11.7 Å². The van der Waals surface area contributed by atoms with Gasteiger partial charge < -0.3 is 19.7 Å². The van der Waals surface area contributed by atoms with Gasteiger partial charge in [0.25, 0.3) is 0 Å². The minimum atomic E-state index is 0.0615. The first-order valence-corrected chi connectivity index (χ1v) is 12.0. The van der Waals surface area contributed by atoms with Crippen molar-refractivity contribution in [2.24, 2.45) is 17.3 Å². The van der Waals surface area contributed by atoms with E-state index in [4.69, 9.17) is 4.98 Å². The van der Waals surface area contributed by atoms with E-state index in [1.165, 1.54) is 22.2 Å². The molecule has 6 nitrogen and oxygen atoms in total. The van der Waals surface area contributed by atoms with Gasteiger partial charge in [0, 0.05) is 55.7 Å². The Morgan fingerprint density at radius 3 is 2.59 bits per heavy atom. The van der Waals surface area contributed by atoms with Crippen molar-refractivity contribution in [3.8, 4) is 0 Å². The van der Waals surface area contributed by atoms with Crippen molar-refractivity contribution in [1.82, 2.24) is 19.8 Å². The second-order valence-electron chi connectivity index (χ2n) is 10.4. The molecule has 0 aromatic carbocycles. The van der Waals surface area contributed by atoms with E-state index in [9.17, 15) is 4.79 Å². The molecule has 3 fully saturated rings. The van der Waals surface area contributed by atoms with Crippen LogP contribution in [0.4, 0.5) is 5.69 Å². The van der Waals surface area contributed by atoms with Gasteiger partial charge in [-0.25, -0.2) is 4.98 Å². The van der Waals surface area contributed by atoms with Crippen molar-refractivity contribution in [2.45, 2.75) is 19.3 Å². The quantitative estimate of drug-likeness (QED) is 0.792. The Bertz CT molecular complexity index is 1100. The maximum absolute atomic E-state index is 12.9. The number of carbonyl (C=O) groups excluding carboxylic acids is 1. The van der Waals surface area contributed by atoms with Crippen molar-refractivity contribution in [3.05, 3.63) is 42.3 Å². The topological polar surface area (TPSA) is 55.5 Å². The fraction of sp³-hybridized carbons (Fsp3) is 0.538. The smallest absolute Gasteiger partial charge is 0.140 e. The lowest BCUT2D eigenvalue weighted by molar-refractivity contribution is -0.120. The summed E-state index contributed by atoms with van der Waals surface area (Å²) in [5.41, 5.74) is 4.72. The number of H-pyrrole nitrogens is 1. The number of hydrogen-bond donors (Lipinski definition) is 1. The fourth-order valence-electron chi connectivity index (χ4n) is 6.35. The zero-order chi connectivity index (χ0) is 21.9. The lowest BCUT2D eigenvalue weighted by atomic mass is 9.67. The molecule has 168 valence electrons. The number of nitrogens with zero attached hydrogens (tertiary/aromatic N) is 4. The van der Waals surface area contributed by atoms with Crippen LogP contribution in [-0.2, 0) is 4.79 Å². The summed E-state index contributed by atoms with van der Waals surface area (Å²) >= 11 is 0. The van der Waals surface area contributed by atoms with Crippen LogP contribution in [0.5, 0.6) is 0 Å². The summed E-state index contributed by atoms with van der Waals surface area (Å²) in [6.45, 7) is 6.42. The second kappa shape index (κ2) is 7.56. The van der Waals surface area contributed by atoms with E-state index in [1.54, 1.807) is 0 Å². The van der Waals surface area contributed by atoms with Crippen LogP contribution in [0.3, 0.4) is 0 Å². The third-order valence-corrected chi connectivity index (χ3v) is 8.51. The van der Waals surface area contributed by atoms with Crippen LogP contribution >= 0.6 is 0 Å². The molecule has 0 radical (unpaired) electrons. The number of fused-ring (bicyclic) bond motifs is 3. The molecule has 4 aliphatic rings. The SMILES string of the molecule is CN1CCN(c2cnc3[nH]cc(C4=CC5C(C=C4)C(=O)CC54CCN(C)CC4)c3c2)CC1. The standard InChI is InChI=1S/C26H33N5O/c1-29-7-5-26(6-8-29)15-24(32)20-4-3-18(13-23(20)26)22-17-28-25-21(22)14-19(16-27-25)31-11-9-30(2)10-12-31/h3-4,13-14,16-17,20,23H,5-12,15H2,1-2H3,(H,27,28). The number of aromatic amines is 1. The van der Waals surface area contributed by atoms with Crippen LogP contribution < -0.4 is 4.90 Å². The first-order chi connectivity index (χ1) is 15.5. The molecule has 2 aromatic heterocycles. The predicted octanol–water partition coefficient (Wildman–Crippen LogP) is 3.19. The molecule has 1 spiro atoms. The van der Waals surface area contributed by atoms with Gasteiger partial charge >= 0.3 is 0 Å². The number of hydrogen-bond acceptors (Lipinski definition) is 5. The summed E-state index contributed by atoms with van der Waals surface area (Å²) < 4.78 is 0. The second-order valence-corrected chi connectivity index (χ2v) is 10.4. The molecule has 2 saturated heterocycles. The summed E-state index contributed by atoms with van der Waals surface area (Å²) in [6.07, 6.45) is 13.9. The zero-order valence-electron chi connectivity index (χ0n) is 19.2. The van der Waals surface area contributed by atoms with E-state index < -0.39 is 0 Å². The number of likely N-dealkylation sites (N-methyl/N-ethyl adjacent to an activating group) is 1. The highest BCUT2D eigenvalue weighted by Crippen LogP contribution is 2.54. The van der Waals surface area contributed by atoms with Gasteiger partial charge in [-0.3, -0.25) is 4.79 Å². The minimum absolute atomic E-state index is 0.0615. The molecule has 0 bridgehead atoms. The predicted molar refractivity (Wildman–Crippen MR) is 129 cm³/mol. The van der Waals surface area contributed by atoms with Crippen molar-refractivity contribution >= 4 is 28.1 Å². The van der Waals surface area contributed by atoms with Gasteiger partial charge in [0.05, 0.1) is 11.9 Å². The van der Waals surface area contributed by atoms with Crippen LogP contribution in [0.1, 0.15) is 24.8 Å². The first kappa shape index (κ1) is 20.2. The Morgan fingerprint density at radius 2 is 1.81 bits per heavy atom. The molecule has 1 N–H and O–H groups in total. The lowest BCUT2D eigenvalue weighted by Gasteiger charge is -2.42. The first-order valence-electron chi connectivity index (χ1n) is 12.0. The van der Waals surface area contributed by atoms with Gasteiger partial charge in [0.2, 0.25) is 0 Å². The number of aromatic nitrogens is 2. The van der Waals surface area contributed by atoms with E-state index in [0.717, 1.165) is 64.2 Å². The average molecular weight is 432 g/mol. The number of piperidine rings is 1. The number of ketones is 1. The third-order valence-electron chi connectivity index (χ3n) is 8.51.